The number of rotatable bonds is 8. The van der Waals surface area contributed by atoms with Gasteiger partial charge in [-0.05, 0) is 24.7 Å². The Labute approximate surface area is 191 Å². The van der Waals surface area contributed by atoms with Crippen LogP contribution in [-0.4, -0.2) is 78.4 Å². The normalized spacial score (nSPS) is 14.1. The number of benzene rings is 1. The van der Waals surface area contributed by atoms with Crippen LogP contribution in [0.3, 0.4) is 0 Å². The lowest BCUT2D eigenvalue weighted by atomic mass is 10.2. The van der Waals surface area contributed by atoms with Crippen LogP contribution in [-0.2, 0) is 6.61 Å². The van der Waals surface area contributed by atoms with E-state index in [1.165, 1.54) is 6.20 Å². The van der Waals surface area contributed by atoms with Gasteiger partial charge in [-0.2, -0.15) is 0 Å². The van der Waals surface area contributed by atoms with E-state index in [1.807, 2.05) is 12.1 Å². The first kappa shape index (κ1) is 22.3. The van der Waals surface area contributed by atoms with Crippen molar-refractivity contribution >= 4 is 17.5 Å². The number of ether oxygens (including phenoxy) is 3. The molecule has 0 unspecified atom stereocenters. The Morgan fingerprint density at radius 2 is 1.76 bits per heavy atom. The minimum atomic E-state index is -0.389. The number of aromatic amines is 1. The van der Waals surface area contributed by atoms with Gasteiger partial charge < -0.3 is 29.3 Å². The number of nitrogens with one attached hydrogen (secondary N) is 2. The average molecular weight is 454 g/mol. The molecule has 0 bridgehead atoms. The summed E-state index contributed by atoms with van der Waals surface area (Å²) in [5.41, 5.74) is 1.07. The highest BCUT2D eigenvalue weighted by Gasteiger charge is 2.17. The summed E-state index contributed by atoms with van der Waals surface area (Å²) < 4.78 is 16.2. The van der Waals surface area contributed by atoms with Crippen LogP contribution in [0.1, 0.15) is 16.1 Å². The molecule has 11 nitrogen and oxygen atoms in total. The topological polar surface area (TPSA) is 118 Å². The molecule has 0 aliphatic carbocycles. The largest absolute Gasteiger partial charge is 0.497 e. The van der Waals surface area contributed by atoms with Gasteiger partial charge in [-0.3, -0.25) is 9.89 Å². The quantitative estimate of drug-likeness (QED) is 0.526. The van der Waals surface area contributed by atoms with Gasteiger partial charge in [0.25, 0.3) is 5.91 Å². The molecule has 1 aliphatic rings. The van der Waals surface area contributed by atoms with E-state index in [2.05, 4.69) is 42.3 Å². The van der Waals surface area contributed by atoms with Crippen LogP contribution in [0.4, 0.5) is 11.6 Å². The summed E-state index contributed by atoms with van der Waals surface area (Å²) in [5, 5.41) is 9.53. The van der Waals surface area contributed by atoms with Crippen molar-refractivity contribution in [3.05, 3.63) is 47.9 Å². The zero-order valence-electron chi connectivity index (χ0n) is 18.9. The number of methoxy groups -OCH3 is 2. The Kier molecular flexibility index (Phi) is 6.89. The second-order valence-corrected chi connectivity index (χ2v) is 7.63. The first-order valence-corrected chi connectivity index (χ1v) is 10.5. The summed E-state index contributed by atoms with van der Waals surface area (Å²) in [6.07, 6.45) is 3.11. The molecule has 0 atom stereocenters. The number of piperazine rings is 1. The van der Waals surface area contributed by atoms with E-state index in [4.69, 9.17) is 14.2 Å². The molecule has 0 saturated carbocycles. The molecule has 2 aromatic heterocycles. The molecule has 1 saturated heterocycles. The van der Waals surface area contributed by atoms with E-state index >= 15 is 0 Å². The number of carbonyl (C=O) groups is 1. The molecule has 1 aromatic carbocycles. The summed E-state index contributed by atoms with van der Waals surface area (Å²) in [6.45, 7) is 3.97. The second-order valence-electron chi connectivity index (χ2n) is 7.63. The number of nitrogens with zero attached hydrogens (tertiary/aromatic N) is 5. The summed E-state index contributed by atoms with van der Waals surface area (Å²) in [5.74, 6) is 2.45. The van der Waals surface area contributed by atoms with Crippen LogP contribution in [0.2, 0.25) is 0 Å². The molecule has 1 aliphatic heterocycles. The van der Waals surface area contributed by atoms with Crippen LogP contribution in [0, 0.1) is 0 Å². The van der Waals surface area contributed by atoms with E-state index in [0.29, 0.717) is 23.2 Å². The van der Waals surface area contributed by atoms with Crippen molar-refractivity contribution in [2.45, 2.75) is 6.61 Å². The van der Waals surface area contributed by atoms with Gasteiger partial charge in [-0.1, -0.05) is 0 Å². The SMILES string of the molecule is COc1cc(COc2cc(NC(=O)c3cnc(N4CCN(C)CC4)cn3)[nH]n2)cc(OC)c1. The first-order valence-electron chi connectivity index (χ1n) is 10.5. The van der Waals surface area contributed by atoms with Gasteiger partial charge in [0, 0.05) is 38.3 Å². The minimum absolute atomic E-state index is 0.216. The van der Waals surface area contributed by atoms with Crippen molar-refractivity contribution in [3.63, 3.8) is 0 Å². The number of hydrogen-bond donors (Lipinski definition) is 2. The van der Waals surface area contributed by atoms with Crippen LogP contribution in [0.25, 0.3) is 0 Å². The molecule has 33 heavy (non-hydrogen) atoms. The van der Waals surface area contributed by atoms with Crippen molar-refractivity contribution < 1.29 is 19.0 Å². The third-order valence-corrected chi connectivity index (χ3v) is 5.30. The van der Waals surface area contributed by atoms with Gasteiger partial charge in [0.15, 0.2) is 0 Å². The number of anilines is 2. The number of carbonyl (C=O) groups excluding carboxylic acids is 1. The molecule has 1 amide bonds. The zero-order chi connectivity index (χ0) is 23.2. The fraction of sp³-hybridized carbons (Fsp3) is 0.364. The van der Waals surface area contributed by atoms with Crippen LogP contribution in [0.15, 0.2) is 36.7 Å². The first-order chi connectivity index (χ1) is 16.0. The molecule has 2 N–H and O–H groups in total. The predicted octanol–water partition coefficient (Wildman–Crippen LogP) is 1.80. The Balaban J connectivity index is 1.32. The third kappa shape index (κ3) is 5.69. The molecule has 3 aromatic rings. The highest BCUT2D eigenvalue weighted by atomic mass is 16.5. The van der Waals surface area contributed by atoms with E-state index in [-0.39, 0.29) is 18.2 Å². The molecule has 0 spiro atoms. The standard InChI is InChI=1S/C22H27N7O4/c1-28-4-6-29(7-5-28)20-13-23-18(12-24-20)22(30)25-19-11-21(27-26-19)33-14-15-8-16(31-2)10-17(9-15)32-3/h8-13H,4-7,14H2,1-3H3,(H2,25,26,27,30). The highest BCUT2D eigenvalue weighted by Crippen LogP contribution is 2.24. The van der Waals surface area contributed by atoms with E-state index < -0.39 is 0 Å². The van der Waals surface area contributed by atoms with Gasteiger partial charge in [0.2, 0.25) is 5.88 Å². The molecular weight excluding hydrogens is 426 g/mol. The number of H-pyrrole nitrogens is 1. The number of likely N-dealkylation sites (N-methyl/N-ethyl adjacent to an activating group) is 1. The van der Waals surface area contributed by atoms with Gasteiger partial charge in [0.1, 0.15) is 35.4 Å². The molecule has 4 rings (SSSR count). The van der Waals surface area contributed by atoms with Crippen molar-refractivity contribution in [2.24, 2.45) is 0 Å². The van der Waals surface area contributed by atoms with Crippen LogP contribution < -0.4 is 24.4 Å². The van der Waals surface area contributed by atoms with Crippen molar-refractivity contribution in [3.8, 4) is 17.4 Å². The maximum atomic E-state index is 12.5. The predicted molar refractivity (Wildman–Crippen MR) is 122 cm³/mol. The van der Waals surface area contributed by atoms with Gasteiger partial charge in [0.05, 0.1) is 26.6 Å². The van der Waals surface area contributed by atoms with Crippen molar-refractivity contribution in [2.75, 3.05) is 57.7 Å². The fourth-order valence-electron chi connectivity index (χ4n) is 3.37. The lowest BCUT2D eigenvalue weighted by molar-refractivity contribution is 0.102. The number of hydrogen-bond acceptors (Lipinski definition) is 9. The van der Waals surface area contributed by atoms with E-state index in [0.717, 1.165) is 37.6 Å². The van der Waals surface area contributed by atoms with E-state index in [1.54, 1.807) is 32.5 Å². The highest BCUT2D eigenvalue weighted by molar-refractivity contribution is 6.02. The monoisotopic (exact) mass is 453 g/mol. The Hall–Kier alpha value is -3.86. The summed E-state index contributed by atoms with van der Waals surface area (Å²) >= 11 is 0. The average Bonchev–Trinajstić information content (AvgIpc) is 3.30. The summed E-state index contributed by atoms with van der Waals surface area (Å²) in [6, 6.07) is 7.08. The number of amides is 1. The van der Waals surface area contributed by atoms with Crippen LogP contribution in [0.5, 0.6) is 17.4 Å². The van der Waals surface area contributed by atoms with Crippen LogP contribution >= 0.6 is 0 Å². The molecule has 3 heterocycles. The minimum Gasteiger partial charge on any atom is -0.497 e. The molecule has 0 radical (unpaired) electrons. The zero-order valence-corrected chi connectivity index (χ0v) is 18.9. The Morgan fingerprint density at radius 3 is 2.39 bits per heavy atom. The Morgan fingerprint density at radius 1 is 1.03 bits per heavy atom. The maximum absolute atomic E-state index is 12.5. The lowest BCUT2D eigenvalue weighted by Gasteiger charge is -2.32. The lowest BCUT2D eigenvalue weighted by Crippen LogP contribution is -2.44. The molecule has 11 heteroatoms. The molecular formula is C22H27N7O4. The molecule has 1 fully saturated rings. The fourth-order valence-corrected chi connectivity index (χ4v) is 3.37. The van der Waals surface area contributed by atoms with Gasteiger partial charge >= 0.3 is 0 Å². The third-order valence-electron chi connectivity index (χ3n) is 5.30. The Bertz CT molecular complexity index is 1060. The van der Waals surface area contributed by atoms with Crippen molar-refractivity contribution in [1.29, 1.82) is 0 Å². The summed E-state index contributed by atoms with van der Waals surface area (Å²) in [4.78, 5) is 25.6. The van der Waals surface area contributed by atoms with Crippen molar-refractivity contribution in [1.82, 2.24) is 25.1 Å². The van der Waals surface area contributed by atoms with E-state index in [9.17, 15) is 4.79 Å². The summed E-state index contributed by atoms with van der Waals surface area (Å²) in [7, 11) is 5.27. The smallest absolute Gasteiger partial charge is 0.277 e. The molecule has 174 valence electrons. The maximum Gasteiger partial charge on any atom is 0.277 e. The van der Waals surface area contributed by atoms with Gasteiger partial charge in [-0.15, -0.1) is 5.10 Å². The number of aromatic nitrogens is 4. The van der Waals surface area contributed by atoms with Gasteiger partial charge in [-0.25, -0.2) is 9.97 Å². The second kappa shape index (κ2) is 10.2.